The average Bonchev–Trinajstić information content (AvgIpc) is 2.07. The summed E-state index contributed by atoms with van der Waals surface area (Å²) in [5, 5.41) is 0.629. The Labute approximate surface area is 65.7 Å². The van der Waals surface area contributed by atoms with Gasteiger partial charge in [-0.3, -0.25) is 0 Å². The van der Waals surface area contributed by atoms with Crippen LogP contribution in [0.1, 0.15) is 0 Å². The van der Waals surface area contributed by atoms with Crippen molar-refractivity contribution >= 4 is 13.3 Å². The molecule has 1 aromatic rings. The molecule has 58 valence electrons. The van der Waals surface area contributed by atoms with Crippen LogP contribution in [0, 0.1) is 0 Å². The van der Waals surface area contributed by atoms with Crippen molar-refractivity contribution in [2.75, 3.05) is 7.11 Å². The third kappa shape index (κ3) is 2.39. The highest BCUT2D eigenvalue weighted by atomic mass is 31.1. The van der Waals surface area contributed by atoms with Crippen LogP contribution in [0.25, 0.3) is 0 Å². The van der Waals surface area contributed by atoms with Gasteiger partial charge >= 0.3 is 8.03 Å². The molecule has 0 aromatic heterocycles. The maximum Gasteiger partial charge on any atom is 0.579 e. The summed E-state index contributed by atoms with van der Waals surface area (Å²) in [7, 11) is -0.518. The van der Waals surface area contributed by atoms with Gasteiger partial charge in [0.25, 0.3) is 0 Å². The molecule has 1 rings (SSSR count). The SMILES string of the molecule is COO[P+](=O)c1ccccc1. The first-order valence-corrected chi connectivity index (χ1v) is 4.25. The third-order valence-electron chi connectivity index (χ3n) is 1.11. The Morgan fingerprint density at radius 3 is 2.45 bits per heavy atom. The lowest BCUT2D eigenvalue weighted by molar-refractivity contribution is -0.170. The number of rotatable bonds is 3. The van der Waals surface area contributed by atoms with E-state index in [-0.39, 0.29) is 0 Å². The minimum absolute atomic E-state index is 0.629. The molecule has 0 bridgehead atoms. The van der Waals surface area contributed by atoms with Gasteiger partial charge in [0.2, 0.25) is 5.30 Å². The summed E-state index contributed by atoms with van der Waals surface area (Å²) >= 11 is 0. The van der Waals surface area contributed by atoms with Crippen LogP contribution in [-0.4, -0.2) is 7.11 Å². The molecular weight excluding hydrogens is 163 g/mol. The maximum absolute atomic E-state index is 11.0. The molecule has 1 atom stereocenters. The first kappa shape index (κ1) is 8.34. The lowest BCUT2D eigenvalue weighted by Gasteiger charge is -1.83. The predicted molar refractivity (Wildman–Crippen MR) is 41.8 cm³/mol. The smallest absolute Gasteiger partial charge is 0.192 e. The highest BCUT2D eigenvalue weighted by molar-refractivity contribution is 7.48. The van der Waals surface area contributed by atoms with E-state index in [1.165, 1.54) is 7.11 Å². The van der Waals surface area contributed by atoms with Gasteiger partial charge in [0.15, 0.2) is 0 Å². The van der Waals surface area contributed by atoms with E-state index < -0.39 is 8.03 Å². The minimum atomic E-state index is -1.85. The highest BCUT2D eigenvalue weighted by Crippen LogP contribution is 2.20. The lowest BCUT2D eigenvalue weighted by Crippen LogP contribution is -1.95. The van der Waals surface area contributed by atoms with Crippen molar-refractivity contribution in [2.45, 2.75) is 0 Å². The van der Waals surface area contributed by atoms with Crippen LogP contribution >= 0.6 is 8.03 Å². The Kier molecular flexibility index (Phi) is 3.17. The van der Waals surface area contributed by atoms with Crippen molar-refractivity contribution in [3.8, 4) is 0 Å². The molecule has 0 fully saturated rings. The van der Waals surface area contributed by atoms with Crippen molar-refractivity contribution in [1.82, 2.24) is 0 Å². The quantitative estimate of drug-likeness (QED) is 0.394. The van der Waals surface area contributed by atoms with Crippen molar-refractivity contribution in [3.63, 3.8) is 0 Å². The molecule has 11 heavy (non-hydrogen) atoms. The van der Waals surface area contributed by atoms with Gasteiger partial charge in [0.05, 0.1) is 7.11 Å². The van der Waals surface area contributed by atoms with Crippen LogP contribution in [0.15, 0.2) is 30.3 Å². The molecule has 0 N–H and O–H groups in total. The Balaban J connectivity index is 2.69. The zero-order valence-electron chi connectivity index (χ0n) is 6.06. The molecule has 0 heterocycles. The fourth-order valence-corrected chi connectivity index (χ4v) is 1.30. The topological polar surface area (TPSA) is 35.5 Å². The number of benzene rings is 1. The molecular formula is C7H8O3P+. The van der Waals surface area contributed by atoms with E-state index >= 15 is 0 Å². The van der Waals surface area contributed by atoms with Crippen LogP contribution in [0.2, 0.25) is 0 Å². The molecule has 1 aromatic carbocycles. The summed E-state index contributed by atoms with van der Waals surface area (Å²) in [6.45, 7) is 0. The van der Waals surface area contributed by atoms with Crippen LogP contribution < -0.4 is 5.30 Å². The minimum Gasteiger partial charge on any atom is -0.192 e. The highest BCUT2D eigenvalue weighted by Gasteiger charge is 2.21. The second kappa shape index (κ2) is 4.19. The molecule has 3 nitrogen and oxygen atoms in total. The summed E-state index contributed by atoms with van der Waals surface area (Å²) in [6.07, 6.45) is 0. The second-order valence-electron chi connectivity index (χ2n) is 1.83. The summed E-state index contributed by atoms with van der Waals surface area (Å²) in [5.74, 6) is 0. The molecule has 0 radical (unpaired) electrons. The monoisotopic (exact) mass is 171 g/mol. The summed E-state index contributed by atoms with van der Waals surface area (Å²) in [6, 6.07) is 8.87. The number of hydrogen-bond donors (Lipinski definition) is 0. The average molecular weight is 171 g/mol. The van der Waals surface area contributed by atoms with Gasteiger partial charge in [-0.05, 0) is 16.7 Å². The lowest BCUT2D eigenvalue weighted by atomic mass is 10.4. The third-order valence-corrected chi connectivity index (χ3v) is 2.11. The van der Waals surface area contributed by atoms with Crippen LogP contribution in [0.5, 0.6) is 0 Å². The van der Waals surface area contributed by atoms with E-state index in [9.17, 15) is 4.57 Å². The van der Waals surface area contributed by atoms with Gasteiger partial charge in [-0.25, -0.2) is 0 Å². The van der Waals surface area contributed by atoms with Gasteiger partial charge in [-0.2, -0.15) is 4.89 Å². The van der Waals surface area contributed by atoms with Gasteiger partial charge < -0.3 is 0 Å². The Bertz CT molecular complexity index is 235. The summed E-state index contributed by atoms with van der Waals surface area (Å²) < 4.78 is 15.5. The summed E-state index contributed by atoms with van der Waals surface area (Å²) in [4.78, 5) is 4.27. The molecule has 0 saturated carbocycles. The Hall–Kier alpha value is -0.760. The molecule has 0 aliphatic carbocycles. The van der Waals surface area contributed by atoms with Gasteiger partial charge in [-0.15, -0.1) is 0 Å². The van der Waals surface area contributed by atoms with E-state index in [0.717, 1.165) is 0 Å². The zero-order chi connectivity index (χ0) is 8.10. The fourth-order valence-electron chi connectivity index (χ4n) is 0.660. The second-order valence-corrected chi connectivity index (χ2v) is 3.01. The largest absolute Gasteiger partial charge is 0.579 e. The predicted octanol–water partition coefficient (Wildman–Crippen LogP) is 1.63. The Morgan fingerprint density at radius 1 is 1.27 bits per heavy atom. The standard InChI is InChI=1S/C7H8O3P/c1-9-10-11(8)7-5-3-2-4-6-7/h2-6H,1H3/q+1. The molecule has 0 spiro atoms. The van der Waals surface area contributed by atoms with E-state index in [0.29, 0.717) is 5.30 Å². The van der Waals surface area contributed by atoms with E-state index in [4.69, 9.17) is 0 Å². The van der Waals surface area contributed by atoms with Crippen molar-refractivity contribution in [1.29, 1.82) is 0 Å². The maximum atomic E-state index is 11.0. The van der Waals surface area contributed by atoms with Gasteiger partial charge in [0.1, 0.15) is 0 Å². The van der Waals surface area contributed by atoms with Gasteiger partial charge in [-0.1, -0.05) is 18.2 Å². The molecule has 0 saturated heterocycles. The molecule has 0 aliphatic rings. The Morgan fingerprint density at radius 2 is 1.91 bits per heavy atom. The molecule has 0 aliphatic heterocycles. The molecule has 4 heteroatoms. The van der Waals surface area contributed by atoms with E-state index in [1.54, 1.807) is 24.3 Å². The molecule has 1 unspecified atom stereocenters. The van der Waals surface area contributed by atoms with Crippen molar-refractivity contribution < 1.29 is 14.1 Å². The first-order chi connectivity index (χ1) is 5.34. The van der Waals surface area contributed by atoms with Gasteiger partial charge in [0, 0.05) is 4.67 Å². The summed E-state index contributed by atoms with van der Waals surface area (Å²) in [5.41, 5.74) is 0. The van der Waals surface area contributed by atoms with E-state index in [1.807, 2.05) is 6.07 Å². The van der Waals surface area contributed by atoms with Crippen LogP contribution in [0.3, 0.4) is 0 Å². The fraction of sp³-hybridized carbons (Fsp3) is 0.143. The first-order valence-electron chi connectivity index (χ1n) is 3.07. The zero-order valence-corrected chi connectivity index (χ0v) is 6.95. The van der Waals surface area contributed by atoms with Crippen LogP contribution in [-0.2, 0) is 14.1 Å². The van der Waals surface area contributed by atoms with Crippen LogP contribution in [0.4, 0.5) is 0 Å². The number of hydrogen-bond acceptors (Lipinski definition) is 3. The van der Waals surface area contributed by atoms with Crippen molar-refractivity contribution in [2.24, 2.45) is 0 Å². The van der Waals surface area contributed by atoms with E-state index in [2.05, 4.69) is 9.56 Å². The molecule has 0 amide bonds. The van der Waals surface area contributed by atoms with Crippen molar-refractivity contribution in [3.05, 3.63) is 30.3 Å². The normalized spacial score (nSPS) is 11.2.